The van der Waals surface area contributed by atoms with Gasteiger partial charge in [0.1, 0.15) is 17.9 Å². The van der Waals surface area contributed by atoms with Crippen molar-refractivity contribution in [2.45, 2.75) is 53.2 Å². The van der Waals surface area contributed by atoms with E-state index in [1.165, 1.54) is 27.8 Å². The van der Waals surface area contributed by atoms with Crippen molar-refractivity contribution in [2.24, 2.45) is 0 Å². The minimum atomic E-state index is -6.09. The quantitative estimate of drug-likeness (QED) is 0.246. The van der Waals surface area contributed by atoms with Crippen LogP contribution in [0.2, 0.25) is 0 Å². The Labute approximate surface area is 199 Å². The molecule has 0 amide bonds. The molecule has 0 atom stereocenters. The first-order chi connectivity index (χ1) is 15.3. The highest BCUT2D eigenvalue weighted by atomic mass is 32.2. The van der Waals surface area contributed by atoms with Gasteiger partial charge in [-0.3, -0.25) is 4.48 Å². The van der Waals surface area contributed by atoms with Crippen LogP contribution in [0.1, 0.15) is 50.7 Å². The average molecular weight is 504 g/mol. The van der Waals surface area contributed by atoms with Crippen molar-refractivity contribution in [1.82, 2.24) is 4.48 Å². The maximum atomic E-state index is 12.8. The number of benzene rings is 2. The zero-order valence-corrected chi connectivity index (χ0v) is 21.6. The van der Waals surface area contributed by atoms with Gasteiger partial charge in [0.05, 0.1) is 21.1 Å². The van der Waals surface area contributed by atoms with Gasteiger partial charge in [-0.05, 0) is 73.6 Å². The number of para-hydroxylation sites is 1. The fraction of sp³-hybridized carbons (Fsp3) is 0.458. The molecule has 0 aromatic heterocycles. The molecule has 2 aromatic carbocycles. The van der Waals surface area contributed by atoms with Gasteiger partial charge in [0.25, 0.3) is 0 Å². The molecule has 34 heavy (non-hydrogen) atoms. The van der Waals surface area contributed by atoms with Crippen LogP contribution < -0.4 is 4.48 Å². The van der Waals surface area contributed by atoms with E-state index in [9.17, 15) is 18.0 Å². The minimum absolute atomic E-state index is 0.262. The lowest BCUT2D eigenvalue weighted by Crippen LogP contribution is -2.36. The summed E-state index contributed by atoms with van der Waals surface area (Å²) >= 11 is 0. The highest BCUT2D eigenvalue weighted by Crippen LogP contribution is 2.29. The second-order valence-electron chi connectivity index (χ2n) is 8.82. The summed E-state index contributed by atoms with van der Waals surface area (Å²) in [5.74, 6) is -0.262. The molecule has 2 rings (SSSR count). The molecule has 0 radical (unpaired) electrons. The van der Waals surface area contributed by atoms with Crippen molar-refractivity contribution in [3.63, 3.8) is 0 Å². The van der Waals surface area contributed by atoms with E-state index in [0.29, 0.717) is 16.7 Å². The maximum Gasteiger partial charge on any atom is 0.485 e. The molecule has 0 aliphatic carbocycles. The van der Waals surface area contributed by atoms with Crippen molar-refractivity contribution >= 4 is 21.8 Å². The number of carbonyl (C=O) groups excluding carboxylic acids is 1. The third-order valence-corrected chi connectivity index (χ3v) is 6.33. The van der Waals surface area contributed by atoms with Gasteiger partial charge in [0.2, 0.25) is 0 Å². The van der Waals surface area contributed by atoms with Crippen LogP contribution in [0.25, 0.3) is 0 Å². The van der Waals surface area contributed by atoms with Gasteiger partial charge >= 0.3 is 11.5 Å². The molecule has 0 spiro atoms. The van der Waals surface area contributed by atoms with Crippen molar-refractivity contribution in [2.75, 3.05) is 21.1 Å². The molecule has 0 aliphatic rings. The van der Waals surface area contributed by atoms with E-state index in [1.807, 2.05) is 24.3 Å². The first-order valence-electron chi connectivity index (χ1n) is 10.5. The van der Waals surface area contributed by atoms with Gasteiger partial charge in [-0.1, -0.05) is 19.1 Å². The van der Waals surface area contributed by atoms with E-state index in [2.05, 4.69) is 55.8 Å². The van der Waals surface area contributed by atoms with E-state index >= 15 is 0 Å². The van der Waals surface area contributed by atoms with Crippen LogP contribution >= 0.6 is 0 Å². The molecular weight excluding hydrogens is 471 g/mol. The van der Waals surface area contributed by atoms with Crippen LogP contribution in [0.15, 0.2) is 24.3 Å². The summed E-state index contributed by atoms with van der Waals surface area (Å²) in [6.07, 6.45) is 1.02. The first kappa shape index (κ1) is 29.6. The molecule has 0 bridgehead atoms. The number of hydrogen-bond acceptors (Lipinski definition) is 5. The molecule has 2 aromatic rings. The summed E-state index contributed by atoms with van der Waals surface area (Å²) in [6, 6.07) is 7.67. The molecule has 0 heterocycles. The zero-order valence-electron chi connectivity index (χ0n) is 20.8. The van der Waals surface area contributed by atoms with E-state index in [4.69, 9.17) is 17.7 Å². The summed E-state index contributed by atoms with van der Waals surface area (Å²) in [4.78, 5) is 12.8. The molecule has 0 fully saturated rings. The van der Waals surface area contributed by atoms with Crippen molar-refractivity contribution in [3.8, 4) is 0 Å². The van der Waals surface area contributed by atoms with E-state index in [1.54, 1.807) is 0 Å². The van der Waals surface area contributed by atoms with Crippen LogP contribution in [-0.4, -0.2) is 45.6 Å². The van der Waals surface area contributed by atoms with Gasteiger partial charge in [0.15, 0.2) is 10.1 Å². The molecule has 0 saturated carbocycles. The smallest absolute Gasteiger partial charge is 0.485 e. The number of carbonyl (C=O) groups is 1. The van der Waals surface area contributed by atoms with Gasteiger partial charge in [0, 0.05) is 6.07 Å². The third-order valence-electron chi connectivity index (χ3n) is 5.77. The predicted octanol–water partition coefficient (Wildman–Crippen LogP) is 5.09. The average Bonchev–Trinajstić information content (AvgIpc) is 2.71. The molecule has 10 heteroatoms. The van der Waals surface area contributed by atoms with Gasteiger partial charge < -0.3 is 9.29 Å². The van der Waals surface area contributed by atoms with E-state index in [-0.39, 0.29) is 5.97 Å². The summed E-state index contributed by atoms with van der Waals surface area (Å²) in [5, 5.41) is 0. The second kappa shape index (κ2) is 10.9. The number of alkyl halides is 3. The number of nitrogens with zero attached hydrogens (tertiary/aromatic N) is 1. The molecule has 6 nitrogen and oxygen atoms in total. The zero-order chi connectivity index (χ0) is 26.6. The molecule has 0 N–H and O–H groups in total. The first-order valence-corrected chi connectivity index (χ1v) is 11.9. The van der Waals surface area contributed by atoms with Crippen LogP contribution in [0.3, 0.4) is 0 Å². The summed E-state index contributed by atoms with van der Waals surface area (Å²) < 4.78 is 65.2. The normalized spacial score (nSPS) is 12.1. The SMILES string of the molecule is CCc1c(C)c(C)c(COC(=O)c2ccccc2[N+](C)(C)C)c(C)c1C.O=S(=O)([O-])C(F)(F)F. The minimum Gasteiger partial charge on any atom is -0.741 e. The predicted molar refractivity (Wildman–Crippen MR) is 126 cm³/mol. The number of rotatable bonds is 5. The Hall–Kier alpha value is -2.43. The number of esters is 1. The van der Waals surface area contributed by atoms with Crippen molar-refractivity contribution < 1.29 is 35.7 Å². The summed E-state index contributed by atoms with van der Waals surface area (Å²) in [6.45, 7) is 11.1. The monoisotopic (exact) mass is 503 g/mol. The Kier molecular flexibility index (Phi) is 9.47. The van der Waals surface area contributed by atoms with Crippen LogP contribution in [-0.2, 0) is 27.9 Å². The lowest BCUT2D eigenvalue weighted by molar-refractivity contribution is -0.0517. The van der Waals surface area contributed by atoms with Crippen LogP contribution in [0, 0.1) is 27.7 Å². The Morgan fingerprint density at radius 3 is 1.74 bits per heavy atom. The largest absolute Gasteiger partial charge is 0.741 e. The fourth-order valence-corrected chi connectivity index (χ4v) is 3.66. The highest BCUT2D eigenvalue weighted by molar-refractivity contribution is 7.86. The Morgan fingerprint density at radius 2 is 1.35 bits per heavy atom. The van der Waals surface area contributed by atoms with E-state index in [0.717, 1.165) is 17.7 Å². The summed E-state index contributed by atoms with van der Waals surface area (Å²) in [7, 11) is 0.0663. The highest BCUT2D eigenvalue weighted by Gasteiger charge is 2.37. The number of hydrogen-bond donors (Lipinski definition) is 0. The molecule has 0 aliphatic heterocycles. The third kappa shape index (κ3) is 7.04. The Morgan fingerprint density at radius 1 is 0.941 bits per heavy atom. The molecule has 0 unspecified atom stereocenters. The number of halogens is 3. The van der Waals surface area contributed by atoms with Crippen LogP contribution in [0.4, 0.5) is 18.9 Å². The molecule has 190 valence electrons. The molecule has 0 saturated heterocycles. The van der Waals surface area contributed by atoms with Gasteiger partial charge in [-0.2, -0.15) is 13.2 Å². The number of ether oxygens (including phenoxy) is 1. The van der Waals surface area contributed by atoms with Gasteiger partial charge in [-0.25, -0.2) is 13.2 Å². The topological polar surface area (TPSA) is 83.5 Å². The van der Waals surface area contributed by atoms with E-state index < -0.39 is 15.6 Å². The lowest BCUT2D eigenvalue weighted by Gasteiger charge is -2.25. The Bertz CT molecular complexity index is 1120. The van der Waals surface area contributed by atoms with Crippen LogP contribution in [0.5, 0.6) is 0 Å². The fourth-order valence-electron chi connectivity index (χ4n) is 3.66. The lowest BCUT2D eigenvalue weighted by atomic mass is 9.88. The summed E-state index contributed by atoms with van der Waals surface area (Å²) in [5.41, 5.74) is 3.58. The van der Waals surface area contributed by atoms with Crippen molar-refractivity contribution in [3.05, 3.63) is 63.2 Å². The Balaban J connectivity index is 0.000000620. The maximum absolute atomic E-state index is 12.8. The van der Waals surface area contributed by atoms with Crippen molar-refractivity contribution in [1.29, 1.82) is 0 Å². The standard InChI is InChI=1S/C23H32NO2.CHF3O3S/c1-9-19-15(2)17(4)21(18(5)16(19)3)14-26-23(25)20-12-10-11-13-22(20)24(6,7)8;2-1(3,4)8(5,6)7/h10-13H,9,14H2,1-8H3;(H,5,6,7)/q+1;/p-1. The molecular formula is C24H32F3NO5S. The van der Waals surface area contributed by atoms with Gasteiger partial charge in [-0.15, -0.1) is 0 Å². The second-order valence-corrected chi connectivity index (χ2v) is 10.2. The number of quaternary nitrogens is 1.